The Labute approximate surface area is 178 Å². The van der Waals surface area contributed by atoms with E-state index in [1.54, 1.807) is 32.9 Å². The Morgan fingerprint density at radius 2 is 1.90 bits per heavy atom. The topological polar surface area (TPSA) is 76.7 Å². The Morgan fingerprint density at radius 1 is 1.21 bits per heavy atom. The van der Waals surface area contributed by atoms with E-state index in [9.17, 15) is 9.59 Å². The number of carbonyl (C=O) groups is 2. The number of rotatable bonds is 6. The second-order valence-corrected chi connectivity index (χ2v) is 9.83. The van der Waals surface area contributed by atoms with E-state index in [0.29, 0.717) is 10.8 Å². The second-order valence-electron chi connectivity index (χ2n) is 9.43. The molecule has 7 heteroatoms. The van der Waals surface area contributed by atoms with Crippen LogP contribution in [-0.2, 0) is 20.7 Å². The first kappa shape index (κ1) is 23.5. The molecule has 0 radical (unpaired) electrons. The molecule has 0 unspecified atom stereocenters. The van der Waals surface area contributed by atoms with Crippen LogP contribution in [0.4, 0.5) is 0 Å². The minimum atomic E-state index is -0.797. The third-order valence-corrected chi connectivity index (χ3v) is 4.53. The zero-order valence-electron chi connectivity index (χ0n) is 18.2. The minimum absolute atomic E-state index is 0.183. The molecule has 0 aliphatic carbocycles. The van der Waals surface area contributed by atoms with Gasteiger partial charge in [0.2, 0.25) is 5.91 Å². The van der Waals surface area contributed by atoms with Crippen LogP contribution in [0.5, 0.6) is 5.75 Å². The van der Waals surface area contributed by atoms with E-state index >= 15 is 0 Å². The zero-order chi connectivity index (χ0) is 21.8. The van der Waals surface area contributed by atoms with Crippen molar-refractivity contribution in [1.82, 2.24) is 10.6 Å². The van der Waals surface area contributed by atoms with Gasteiger partial charge in [-0.05, 0) is 78.6 Å². The first-order valence-corrected chi connectivity index (χ1v) is 10.5. The normalized spacial score (nSPS) is 18.2. The maximum Gasteiger partial charge on any atom is 0.329 e. The van der Waals surface area contributed by atoms with E-state index in [-0.39, 0.29) is 24.0 Å². The monoisotopic (exact) mass is 424 g/mol. The van der Waals surface area contributed by atoms with Gasteiger partial charge in [-0.15, -0.1) is 0 Å². The van der Waals surface area contributed by atoms with Gasteiger partial charge in [-0.25, -0.2) is 4.79 Å². The van der Waals surface area contributed by atoms with Crippen molar-refractivity contribution in [3.8, 4) is 5.75 Å². The van der Waals surface area contributed by atoms with Crippen molar-refractivity contribution in [3.05, 3.63) is 28.8 Å². The van der Waals surface area contributed by atoms with E-state index in [4.69, 9.17) is 21.1 Å². The van der Waals surface area contributed by atoms with Gasteiger partial charge in [-0.2, -0.15) is 0 Å². The summed E-state index contributed by atoms with van der Waals surface area (Å²) in [6, 6.07) is 4.33. The van der Waals surface area contributed by atoms with Crippen molar-refractivity contribution >= 4 is 23.5 Å². The summed E-state index contributed by atoms with van der Waals surface area (Å²) >= 11 is 6.38. The average Bonchev–Trinajstić information content (AvgIpc) is 3.08. The molecule has 1 aliphatic heterocycles. The Kier molecular flexibility index (Phi) is 7.57. The Hall–Kier alpha value is -1.79. The van der Waals surface area contributed by atoms with Crippen molar-refractivity contribution in [1.29, 1.82) is 0 Å². The van der Waals surface area contributed by atoms with Gasteiger partial charge >= 0.3 is 5.97 Å². The molecule has 1 aromatic rings. The van der Waals surface area contributed by atoms with Gasteiger partial charge in [0.05, 0.1) is 11.1 Å². The molecule has 2 rings (SSSR count). The van der Waals surface area contributed by atoms with Gasteiger partial charge in [0.15, 0.2) is 0 Å². The first-order chi connectivity index (χ1) is 13.3. The lowest BCUT2D eigenvalue weighted by atomic mass is 10.0. The largest absolute Gasteiger partial charge is 0.487 e. The van der Waals surface area contributed by atoms with Crippen LogP contribution in [0.15, 0.2) is 18.2 Å². The molecule has 1 heterocycles. The fourth-order valence-electron chi connectivity index (χ4n) is 3.07. The lowest BCUT2D eigenvalue weighted by molar-refractivity contribution is -0.158. The molecule has 1 fully saturated rings. The van der Waals surface area contributed by atoms with Crippen LogP contribution in [0.25, 0.3) is 0 Å². The maximum atomic E-state index is 12.7. The number of benzene rings is 1. The summed E-state index contributed by atoms with van der Waals surface area (Å²) in [6.07, 6.45) is 1.99. The first-order valence-electron chi connectivity index (χ1n) is 10.1. The molecule has 6 nitrogen and oxygen atoms in total. The molecular formula is C22H33ClN2O4. The minimum Gasteiger partial charge on any atom is -0.487 e. The molecule has 0 aromatic heterocycles. The fraction of sp³-hybridized carbons (Fsp3) is 0.636. The number of halogens is 1. The van der Waals surface area contributed by atoms with Crippen molar-refractivity contribution in [2.45, 2.75) is 84.1 Å². The molecule has 1 aromatic carbocycles. The summed E-state index contributed by atoms with van der Waals surface area (Å²) in [5.74, 6) is -0.0666. The highest BCUT2D eigenvalue weighted by Gasteiger charge is 2.30. The molecule has 0 saturated carbocycles. The predicted molar refractivity (Wildman–Crippen MR) is 114 cm³/mol. The number of esters is 1. The molecule has 29 heavy (non-hydrogen) atoms. The molecule has 1 aliphatic rings. The van der Waals surface area contributed by atoms with Crippen LogP contribution in [0.1, 0.15) is 59.9 Å². The van der Waals surface area contributed by atoms with Crippen LogP contribution in [0, 0.1) is 0 Å². The molecule has 1 saturated heterocycles. The third-order valence-electron chi connectivity index (χ3n) is 4.24. The molecule has 2 atom stereocenters. The lowest BCUT2D eigenvalue weighted by Gasteiger charge is -2.26. The van der Waals surface area contributed by atoms with Crippen LogP contribution in [0.3, 0.4) is 0 Å². The van der Waals surface area contributed by atoms with Crippen LogP contribution < -0.4 is 15.4 Å². The van der Waals surface area contributed by atoms with Crippen molar-refractivity contribution < 1.29 is 19.1 Å². The summed E-state index contributed by atoms with van der Waals surface area (Å²) < 4.78 is 11.4. The molecule has 1 amide bonds. The summed E-state index contributed by atoms with van der Waals surface area (Å²) in [6.45, 7) is 12.1. The van der Waals surface area contributed by atoms with Gasteiger partial charge < -0.3 is 20.1 Å². The highest BCUT2D eigenvalue weighted by molar-refractivity contribution is 6.32. The van der Waals surface area contributed by atoms with Crippen LogP contribution in [-0.4, -0.2) is 41.7 Å². The Bertz CT molecular complexity index is 731. The highest BCUT2D eigenvalue weighted by atomic mass is 35.5. The number of nitrogens with one attached hydrogen (secondary N) is 2. The van der Waals surface area contributed by atoms with Gasteiger partial charge in [0, 0.05) is 6.42 Å². The van der Waals surface area contributed by atoms with Gasteiger partial charge in [0.1, 0.15) is 23.0 Å². The average molecular weight is 425 g/mol. The Morgan fingerprint density at radius 3 is 2.41 bits per heavy atom. The summed E-state index contributed by atoms with van der Waals surface area (Å²) in [4.78, 5) is 25.3. The van der Waals surface area contributed by atoms with Gasteiger partial charge in [-0.3, -0.25) is 4.79 Å². The summed E-state index contributed by atoms with van der Waals surface area (Å²) in [5, 5.41) is 6.46. The van der Waals surface area contributed by atoms with E-state index in [0.717, 1.165) is 24.9 Å². The van der Waals surface area contributed by atoms with Gasteiger partial charge in [-0.1, -0.05) is 17.7 Å². The van der Waals surface area contributed by atoms with Crippen molar-refractivity contribution in [3.63, 3.8) is 0 Å². The second kappa shape index (κ2) is 9.35. The van der Waals surface area contributed by atoms with Crippen LogP contribution in [0.2, 0.25) is 5.02 Å². The molecular weight excluding hydrogens is 392 g/mol. The van der Waals surface area contributed by atoms with E-state index in [2.05, 4.69) is 10.6 Å². The van der Waals surface area contributed by atoms with Crippen molar-refractivity contribution in [2.75, 3.05) is 6.54 Å². The number of hydrogen-bond acceptors (Lipinski definition) is 5. The number of carbonyl (C=O) groups excluding carboxylic acids is 2. The predicted octanol–water partition coefficient (Wildman–Crippen LogP) is 3.64. The Balaban J connectivity index is 2.16. The summed E-state index contributed by atoms with van der Waals surface area (Å²) in [7, 11) is 0. The molecule has 0 spiro atoms. The number of hydrogen-bond donors (Lipinski definition) is 2. The van der Waals surface area contributed by atoms with Crippen LogP contribution >= 0.6 is 11.6 Å². The quantitative estimate of drug-likeness (QED) is 0.682. The van der Waals surface area contributed by atoms with E-state index in [1.807, 2.05) is 26.8 Å². The molecule has 2 N–H and O–H groups in total. The molecule has 0 bridgehead atoms. The van der Waals surface area contributed by atoms with Crippen molar-refractivity contribution in [2.24, 2.45) is 0 Å². The molecule has 162 valence electrons. The number of amides is 1. The third kappa shape index (κ3) is 7.86. The SMILES string of the molecule is CC(C)(C)OC(=O)[C@H](Cc1ccc(OC(C)(C)C)c(Cl)c1)NC(=O)[C@@H]1CCCN1. The number of ether oxygens (including phenoxy) is 2. The van der Waals surface area contributed by atoms with E-state index < -0.39 is 17.6 Å². The summed E-state index contributed by atoms with van der Waals surface area (Å²) in [5.41, 5.74) is -0.202. The lowest BCUT2D eigenvalue weighted by Crippen LogP contribution is -2.50. The zero-order valence-corrected chi connectivity index (χ0v) is 19.0. The van der Waals surface area contributed by atoms with E-state index in [1.165, 1.54) is 0 Å². The standard InChI is InChI=1S/C22H33ClN2O4/c1-21(2,3)28-18-10-9-14(12-15(18)23)13-17(20(27)29-22(4,5)6)25-19(26)16-8-7-11-24-16/h9-10,12,16-17,24H,7-8,11,13H2,1-6H3,(H,25,26)/t16-,17-/m0/s1. The van der Waals surface area contributed by atoms with Gasteiger partial charge in [0.25, 0.3) is 0 Å². The smallest absolute Gasteiger partial charge is 0.329 e. The highest BCUT2D eigenvalue weighted by Crippen LogP contribution is 2.29. The fourth-order valence-corrected chi connectivity index (χ4v) is 3.31. The maximum absolute atomic E-state index is 12.7.